The van der Waals surface area contributed by atoms with E-state index < -0.39 is 0 Å². The molecule has 0 aliphatic rings. The quantitative estimate of drug-likeness (QED) is 0.859. The molecule has 0 spiro atoms. The highest BCUT2D eigenvalue weighted by Gasteiger charge is 2.13. The minimum absolute atomic E-state index is 0.0743. The van der Waals surface area contributed by atoms with Gasteiger partial charge in [-0.15, -0.1) is 0 Å². The Morgan fingerprint density at radius 2 is 1.89 bits per heavy atom. The second kappa shape index (κ2) is 6.57. The molecular weight excluding hydrogens is 240 g/mol. The van der Waals surface area contributed by atoms with Crippen LogP contribution in [-0.4, -0.2) is 24.1 Å². The SMILES string of the molecule is CC(C)Oc1ccccc1NC(=O)CNC(C)(C)C. The van der Waals surface area contributed by atoms with Crippen LogP contribution in [0.15, 0.2) is 24.3 Å². The number of nitrogens with one attached hydrogen (secondary N) is 2. The van der Waals surface area contributed by atoms with E-state index in [0.29, 0.717) is 11.4 Å². The molecule has 1 aromatic carbocycles. The van der Waals surface area contributed by atoms with Crippen LogP contribution in [0.5, 0.6) is 5.75 Å². The molecule has 0 atom stereocenters. The lowest BCUT2D eigenvalue weighted by Gasteiger charge is -2.20. The number of ether oxygens (including phenoxy) is 1. The van der Waals surface area contributed by atoms with E-state index in [-0.39, 0.29) is 24.1 Å². The van der Waals surface area contributed by atoms with Crippen LogP contribution >= 0.6 is 0 Å². The lowest BCUT2D eigenvalue weighted by Crippen LogP contribution is -2.41. The Hall–Kier alpha value is -1.55. The molecule has 19 heavy (non-hydrogen) atoms. The molecule has 1 rings (SSSR count). The van der Waals surface area contributed by atoms with Crippen molar-refractivity contribution in [3.8, 4) is 5.75 Å². The van der Waals surface area contributed by atoms with Crippen LogP contribution in [0.3, 0.4) is 0 Å². The Kier molecular flexibility index (Phi) is 5.36. The Balaban J connectivity index is 2.63. The minimum atomic E-state index is -0.0781. The first-order chi connectivity index (χ1) is 8.78. The van der Waals surface area contributed by atoms with Crippen molar-refractivity contribution < 1.29 is 9.53 Å². The van der Waals surface area contributed by atoms with Gasteiger partial charge in [0.15, 0.2) is 0 Å². The molecule has 2 N–H and O–H groups in total. The number of hydrogen-bond donors (Lipinski definition) is 2. The van der Waals surface area contributed by atoms with Gasteiger partial charge in [0.05, 0.1) is 18.3 Å². The van der Waals surface area contributed by atoms with Crippen molar-refractivity contribution in [2.75, 3.05) is 11.9 Å². The molecule has 0 aliphatic heterocycles. The van der Waals surface area contributed by atoms with Crippen molar-refractivity contribution in [3.05, 3.63) is 24.3 Å². The standard InChI is InChI=1S/C15H24N2O2/c1-11(2)19-13-9-7-6-8-12(13)17-14(18)10-16-15(3,4)5/h6-9,11,16H,10H2,1-5H3,(H,17,18). The van der Waals surface area contributed by atoms with E-state index in [9.17, 15) is 4.79 Å². The topological polar surface area (TPSA) is 50.4 Å². The van der Waals surface area contributed by atoms with Gasteiger partial charge in [-0.2, -0.15) is 0 Å². The first-order valence-electron chi connectivity index (χ1n) is 6.58. The molecule has 0 fully saturated rings. The van der Waals surface area contributed by atoms with Gasteiger partial charge in [-0.25, -0.2) is 0 Å². The summed E-state index contributed by atoms with van der Waals surface area (Å²) in [5.74, 6) is 0.622. The highest BCUT2D eigenvalue weighted by Crippen LogP contribution is 2.24. The third-order valence-corrected chi connectivity index (χ3v) is 2.30. The molecule has 106 valence electrons. The molecule has 0 unspecified atom stereocenters. The average Bonchev–Trinajstić information content (AvgIpc) is 2.27. The van der Waals surface area contributed by atoms with Gasteiger partial charge in [0.25, 0.3) is 0 Å². The Bertz CT molecular complexity index is 422. The highest BCUT2D eigenvalue weighted by atomic mass is 16.5. The van der Waals surface area contributed by atoms with Crippen LogP contribution in [0.2, 0.25) is 0 Å². The molecule has 0 heterocycles. The summed E-state index contributed by atoms with van der Waals surface area (Å²) < 4.78 is 5.66. The van der Waals surface area contributed by atoms with E-state index in [1.807, 2.05) is 58.9 Å². The second-order valence-electron chi connectivity index (χ2n) is 5.81. The molecule has 0 radical (unpaired) electrons. The second-order valence-corrected chi connectivity index (χ2v) is 5.81. The lowest BCUT2D eigenvalue weighted by molar-refractivity contribution is -0.115. The highest BCUT2D eigenvalue weighted by molar-refractivity contribution is 5.93. The molecule has 0 saturated heterocycles. The van der Waals surface area contributed by atoms with E-state index in [4.69, 9.17) is 4.74 Å². The van der Waals surface area contributed by atoms with Crippen molar-refractivity contribution >= 4 is 11.6 Å². The van der Waals surface area contributed by atoms with E-state index >= 15 is 0 Å². The summed E-state index contributed by atoms with van der Waals surface area (Å²) in [4.78, 5) is 11.9. The predicted octanol–water partition coefficient (Wildman–Crippen LogP) is 2.80. The molecule has 0 bridgehead atoms. The Morgan fingerprint density at radius 3 is 2.47 bits per heavy atom. The third-order valence-electron chi connectivity index (χ3n) is 2.30. The van der Waals surface area contributed by atoms with Gasteiger partial charge in [0.2, 0.25) is 5.91 Å². The van der Waals surface area contributed by atoms with Gasteiger partial charge in [-0.3, -0.25) is 4.79 Å². The van der Waals surface area contributed by atoms with Crippen LogP contribution in [0.25, 0.3) is 0 Å². The fourth-order valence-corrected chi connectivity index (χ4v) is 1.47. The maximum atomic E-state index is 11.9. The first-order valence-corrected chi connectivity index (χ1v) is 6.58. The number of carbonyl (C=O) groups excluding carboxylic acids is 1. The number of hydrogen-bond acceptors (Lipinski definition) is 3. The van der Waals surface area contributed by atoms with Gasteiger partial charge < -0.3 is 15.4 Å². The summed E-state index contributed by atoms with van der Waals surface area (Å²) in [5, 5.41) is 6.01. The number of amides is 1. The van der Waals surface area contributed by atoms with Gasteiger partial charge >= 0.3 is 0 Å². The van der Waals surface area contributed by atoms with Crippen LogP contribution < -0.4 is 15.4 Å². The molecule has 4 heteroatoms. The maximum Gasteiger partial charge on any atom is 0.238 e. The van der Waals surface area contributed by atoms with E-state index in [1.165, 1.54) is 0 Å². The Labute approximate surface area is 115 Å². The number of rotatable bonds is 5. The summed E-state index contributed by atoms with van der Waals surface area (Å²) in [5.41, 5.74) is 0.627. The van der Waals surface area contributed by atoms with E-state index in [1.54, 1.807) is 0 Å². The summed E-state index contributed by atoms with van der Waals surface area (Å²) in [6.07, 6.45) is 0.0748. The van der Waals surface area contributed by atoms with Crippen molar-refractivity contribution in [2.45, 2.75) is 46.3 Å². The summed E-state index contributed by atoms with van der Waals surface area (Å²) >= 11 is 0. The maximum absolute atomic E-state index is 11.9. The molecule has 4 nitrogen and oxygen atoms in total. The minimum Gasteiger partial charge on any atom is -0.489 e. The molecule has 0 aromatic heterocycles. The normalized spacial score (nSPS) is 11.5. The number of benzene rings is 1. The lowest BCUT2D eigenvalue weighted by atomic mass is 10.1. The number of carbonyl (C=O) groups is 1. The van der Waals surface area contributed by atoms with Crippen LogP contribution in [0.1, 0.15) is 34.6 Å². The predicted molar refractivity (Wildman–Crippen MR) is 78.6 cm³/mol. The zero-order valence-electron chi connectivity index (χ0n) is 12.4. The van der Waals surface area contributed by atoms with Crippen molar-refractivity contribution in [2.24, 2.45) is 0 Å². The van der Waals surface area contributed by atoms with Gasteiger partial charge in [0, 0.05) is 5.54 Å². The fourth-order valence-electron chi connectivity index (χ4n) is 1.47. The molecule has 0 saturated carbocycles. The van der Waals surface area contributed by atoms with Crippen molar-refractivity contribution in [3.63, 3.8) is 0 Å². The molecule has 0 aliphatic carbocycles. The third kappa shape index (κ3) is 6.25. The fraction of sp³-hybridized carbons (Fsp3) is 0.533. The largest absolute Gasteiger partial charge is 0.489 e. The monoisotopic (exact) mass is 264 g/mol. The number of para-hydroxylation sites is 2. The number of anilines is 1. The smallest absolute Gasteiger partial charge is 0.238 e. The van der Waals surface area contributed by atoms with Crippen LogP contribution in [-0.2, 0) is 4.79 Å². The van der Waals surface area contributed by atoms with Gasteiger partial charge in [0.1, 0.15) is 5.75 Å². The summed E-state index contributed by atoms with van der Waals surface area (Å²) in [6.45, 7) is 10.3. The molecular formula is C15H24N2O2. The van der Waals surface area contributed by atoms with Gasteiger partial charge in [-0.05, 0) is 46.8 Å². The van der Waals surface area contributed by atoms with Crippen molar-refractivity contribution in [1.82, 2.24) is 5.32 Å². The summed E-state index contributed by atoms with van der Waals surface area (Å²) in [6, 6.07) is 7.46. The molecule has 1 amide bonds. The van der Waals surface area contributed by atoms with Crippen LogP contribution in [0.4, 0.5) is 5.69 Å². The molecule has 1 aromatic rings. The zero-order chi connectivity index (χ0) is 14.5. The van der Waals surface area contributed by atoms with Gasteiger partial charge in [-0.1, -0.05) is 12.1 Å². The van der Waals surface area contributed by atoms with Crippen molar-refractivity contribution in [1.29, 1.82) is 0 Å². The van der Waals surface area contributed by atoms with E-state index in [2.05, 4.69) is 10.6 Å². The first kappa shape index (κ1) is 15.5. The zero-order valence-corrected chi connectivity index (χ0v) is 12.4. The average molecular weight is 264 g/mol. The summed E-state index contributed by atoms with van der Waals surface area (Å²) in [7, 11) is 0. The van der Waals surface area contributed by atoms with Crippen LogP contribution in [0, 0.1) is 0 Å². The van der Waals surface area contributed by atoms with E-state index in [0.717, 1.165) is 0 Å². The Morgan fingerprint density at radius 1 is 1.26 bits per heavy atom.